The van der Waals surface area contributed by atoms with Crippen LogP contribution in [-0.4, -0.2) is 10.2 Å². The predicted octanol–water partition coefficient (Wildman–Crippen LogP) is 2.46. The average molecular weight is 233 g/mol. The lowest BCUT2D eigenvalue weighted by molar-refractivity contribution is 0.587. The summed E-state index contributed by atoms with van der Waals surface area (Å²) in [5, 5.41) is 10.0. The van der Waals surface area contributed by atoms with Crippen LogP contribution in [0.25, 0.3) is 0 Å². The van der Waals surface area contributed by atoms with Crippen LogP contribution in [-0.2, 0) is 13.1 Å². The zero-order chi connectivity index (χ0) is 12.3. The molecule has 2 aromatic rings. The standard InChI is InChI=1S/C13H16FN3/c1-9-3-4-13(14)11(5-9)6-15-7-12-8-16-17-10(12)2/h3-5,8,15H,6-7H2,1-2H3,(H,16,17). The Kier molecular flexibility index (Phi) is 3.54. The number of hydrogen-bond donors (Lipinski definition) is 2. The summed E-state index contributed by atoms with van der Waals surface area (Å²) in [6, 6.07) is 5.15. The molecule has 0 saturated carbocycles. The summed E-state index contributed by atoms with van der Waals surface area (Å²) in [5.41, 5.74) is 3.93. The normalized spacial score (nSPS) is 10.8. The highest BCUT2D eigenvalue weighted by atomic mass is 19.1. The smallest absolute Gasteiger partial charge is 0.127 e. The quantitative estimate of drug-likeness (QED) is 0.851. The highest BCUT2D eigenvalue weighted by molar-refractivity contribution is 5.24. The van der Waals surface area contributed by atoms with Crippen LogP contribution in [0.2, 0.25) is 0 Å². The summed E-state index contributed by atoms with van der Waals surface area (Å²) in [7, 11) is 0. The number of aromatic amines is 1. The van der Waals surface area contributed by atoms with E-state index in [1.807, 2.05) is 19.9 Å². The zero-order valence-electron chi connectivity index (χ0n) is 10.0. The van der Waals surface area contributed by atoms with Crippen LogP contribution in [0.1, 0.15) is 22.4 Å². The molecule has 17 heavy (non-hydrogen) atoms. The van der Waals surface area contributed by atoms with Crippen molar-refractivity contribution in [3.8, 4) is 0 Å². The molecule has 0 radical (unpaired) electrons. The number of H-pyrrole nitrogens is 1. The number of hydrogen-bond acceptors (Lipinski definition) is 2. The lowest BCUT2D eigenvalue weighted by atomic mass is 10.1. The lowest BCUT2D eigenvalue weighted by Crippen LogP contribution is -2.14. The Morgan fingerprint density at radius 1 is 1.24 bits per heavy atom. The molecule has 3 nitrogen and oxygen atoms in total. The van der Waals surface area contributed by atoms with Crippen LogP contribution in [0.5, 0.6) is 0 Å². The van der Waals surface area contributed by atoms with Crippen LogP contribution in [0.3, 0.4) is 0 Å². The topological polar surface area (TPSA) is 40.7 Å². The second kappa shape index (κ2) is 5.10. The van der Waals surface area contributed by atoms with Gasteiger partial charge in [-0.05, 0) is 19.9 Å². The van der Waals surface area contributed by atoms with Gasteiger partial charge in [0, 0.05) is 29.9 Å². The van der Waals surface area contributed by atoms with Crippen molar-refractivity contribution in [1.29, 1.82) is 0 Å². The molecule has 0 bridgehead atoms. The Labute approximate surface area is 100 Å². The van der Waals surface area contributed by atoms with Gasteiger partial charge in [-0.2, -0.15) is 5.10 Å². The van der Waals surface area contributed by atoms with Crippen molar-refractivity contribution >= 4 is 0 Å². The maximum Gasteiger partial charge on any atom is 0.127 e. The van der Waals surface area contributed by atoms with Crippen LogP contribution in [0.4, 0.5) is 4.39 Å². The molecule has 4 heteroatoms. The molecule has 0 saturated heterocycles. The SMILES string of the molecule is Cc1ccc(F)c(CNCc2cn[nH]c2C)c1. The van der Waals surface area contributed by atoms with Gasteiger partial charge in [0.25, 0.3) is 0 Å². The van der Waals surface area contributed by atoms with E-state index in [1.165, 1.54) is 6.07 Å². The molecule has 2 N–H and O–H groups in total. The molecule has 0 amide bonds. The second-order valence-electron chi connectivity index (χ2n) is 4.22. The summed E-state index contributed by atoms with van der Waals surface area (Å²) < 4.78 is 13.5. The molecule has 1 aromatic heterocycles. The molecule has 0 aliphatic heterocycles. The van der Waals surface area contributed by atoms with Crippen LogP contribution < -0.4 is 5.32 Å². The first-order valence-electron chi connectivity index (χ1n) is 5.61. The Morgan fingerprint density at radius 2 is 2.00 bits per heavy atom. The highest BCUT2D eigenvalue weighted by Gasteiger charge is 2.03. The van der Waals surface area contributed by atoms with Crippen molar-refractivity contribution in [1.82, 2.24) is 15.5 Å². The van der Waals surface area contributed by atoms with Gasteiger partial charge in [-0.3, -0.25) is 5.10 Å². The van der Waals surface area contributed by atoms with E-state index >= 15 is 0 Å². The predicted molar refractivity (Wildman–Crippen MR) is 65.0 cm³/mol. The van der Waals surface area contributed by atoms with Crippen molar-refractivity contribution in [2.45, 2.75) is 26.9 Å². The molecule has 0 unspecified atom stereocenters. The summed E-state index contributed by atoms with van der Waals surface area (Å²) in [5.74, 6) is -0.160. The molecule has 0 atom stereocenters. The number of rotatable bonds is 4. The number of aromatic nitrogens is 2. The van der Waals surface area contributed by atoms with Crippen molar-refractivity contribution in [2.75, 3.05) is 0 Å². The van der Waals surface area contributed by atoms with Crippen molar-refractivity contribution in [2.24, 2.45) is 0 Å². The monoisotopic (exact) mass is 233 g/mol. The minimum absolute atomic E-state index is 0.160. The van der Waals surface area contributed by atoms with E-state index in [4.69, 9.17) is 0 Å². The number of aryl methyl sites for hydroxylation is 2. The summed E-state index contributed by atoms with van der Waals surface area (Å²) >= 11 is 0. The largest absolute Gasteiger partial charge is 0.308 e. The first kappa shape index (κ1) is 11.8. The third-order valence-electron chi connectivity index (χ3n) is 2.77. The van der Waals surface area contributed by atoms with Gasteiger partial charge in [-0.1, -0.05) is 17.7 Å². The van der Waals surface area contributed by atoms with Gasteiger partial charge in [0.05, 0.1) is 6.20 Å². The molecular weight excluding hydrogens is 217 g/mol. The molecule has 0 fully saturated rings. The van der Waals surface area contributed by atoms with Gasteiger partial charge in [-0.15, -0.1) is 0 Å². The van der Waals surface area contributed by atoms with Gasteiger partial charge in [0.15, 0.2) is 0 Å². The van der Waals surface area contributed by atoms with Crippen molar-refractivity contribution in [3.05, 3.63) is 52.6 Å². The molecule has 0 aliphatic rings. The average Bonchev–Trinajstić information content (AvgIpc) is 2.70. The van der Waals surface area contributed by atoms with Crippen LogP contribution >= 0.6 is 0 Å². The second-order valence-corrected chi connectivity index (χ2v) is 4.22. The Bertz CT molecular complexity index is 505. The third kappa shape index (κ3) is 2.91. The van der Waals surface area contributed by atoms with E-state index < -0.39 is 0 Å². The molecule has 0 aliphatic carbocycles. The van der Waals surface area contributed by atoms with Gasteiger partial charge < -0.3 is 5.32 Å². The van der Waals surface area contributed by atoms with E-state index in [2.05, 4.69) is 15.5 Å². The van der Waals surface area contributed by atoms with E-state index in [0.717, 1.165) is 16.8 Å². The van der Waals surface area contributed by atoms with Gasteiger partial charge in [-0.25, -0.2) is 4.39 Å². The third-order valence-corrected chi connectivity index (χ3v) is 2.77. The van der Waals surface area contributed by atoms with E-state index in [-0.39, 0.29) is 5.82 Å². The molecule has 90 valence electrons. The highest BCUT2D eigenvalue weighted by Crippen LogP contribution is 2.10. The van der Waals surface area contributed by atoms with Crippen molar-refractivity contribution in [3.63, 3.8) is 0 Å². The molecule has 1 aromatic carbocycles. The fourth-order valence-corrected chi connectivity index (χ4v) is 1.72. The zero-order valence-corrected chi connectivity index (χ0v) is 10.0. The van der Waals surface area contributed by atoms with Crippen molar-refractivity contribution < 1.29 is 4.39 Å². The van der Waals surface area contributed by atoms with Gasteiger partial charge in [0.1, 0.15) is 5.82 Å². The number of halogens is 1. The fraction of sp³-hybridized carbons (Fsp3) is 0.308. The van der Waals surface area contributed by atoms with E-state index in [0.29, 0.717) is 18.7 Å². The maximum atomic E-state index is 13.5. The first-order chi connectivity index (χ1) is 8.16. The number of nitrogens with zero attached hydrogens (tertiary/aromatic N) is 1. The number of benzene rings is 1. The minimum Gasteiger partial charge on any atom is -0.308 e. The number of nitrogens with one attached hydrogen (secondary N) is 2. The first-order valence-corrected chi connectivity index (χ1v) is 5.61. The summed E-state index contributed by atoms with van der Waals surface area (Å²) in [6.07, 6.45) is 1.79. The van der Waals surface area contributed by atoms with Crippen LogP contribution in [0.15, 0.2) is 24.4 Å². The summed E-state index contributed by atoms with van der Waals surface area (Å²) in [6.45, 7) is 5.15. The van der Waals surface area contributed by atoms with E-state index in [9.17, 15) is 4.39 Å². The van der Waals surface area contributed by atoms with Gasteiger partial charge in [0.2, 0.25) is 0 Å². The Balaban J connectivity index is 1.94. The molecule has 1 heterocycles. The molecular formula is C13H16FN3. The molecule has 0 spiro atoms. The fourth-order valence-electron chi connectivity index (χ4n) is 1.72. The minimum atomic E-state index is -0.160. The van der Waals surface area contributed by atoms with Gasteiger partial charge >= 0.3 is 0 Å². The lowest BCUT2D eigenvalue weighted by Gasteiger charge is -2.06. The Morgan fingerprint density at radius 3 is 2.71 bits per heavy atom. The summed E-state index contributed by atoms with van der Waals surface area (Å²) in [4.78, 5) is 0. The van der Waals surface area contributed by atoms with Crippen LogP contribution in [0, 0.1) is 19.7 Å². The molecule has 2 rings (SSSR count). The van der Waals surface area contributed by atoms with E-state index in [1.54, 1.807) is 12.3 Å². The maximum absolute atomic E-state index is 13.5. The Hall–Kier alpha value is -1.68.